The molecule has 0 unspecified atom stereocenters. The van der Waals surface area contributed by atoms with E-state index in [0.717, 1.165) is 0 Å². The van der Waals surface area contributed by atoms with Gasteiger partial charge in [-0.2, -0.15) is 0 Å². The van der Waals surface area contributed by atoms with Gasteiger partial charge in [0.15, 0.2) is 0 Å². The molecular weight excluding hydrogens is 250 g/mol. The zero-order chi connectivity index (χ0) is 13.6. The Bertz CT molecular complexity index is 462. The van der Waals surface area contributed by atoms with Crippen LogP contribution in [0.3, 0.4) is 0 Å². The Balaban J connectivity index is 2.62. The number of rotatable bonds is 5. The number of hydrogen-bond acceptors (Lipinski definition) is 5. The van der Waals surface area contributed by atoms with Crippen molar-refractivity contribution >= 4 is 23.3 Å². The van der Waals surface area contributed by atoms with Crippen LogP contribution in [0.5, 0.6) is 5.75 Å². The molecule has 0 radical (unpaired) electrons. The van der Waals surface area contributed by atoms with Crippen molar-refractivity contribution in [3.05, 3.63) is 29.8 Å². The maximum atomic E-state index is 11.7. The van der Waals surface area contributed by atoms with Crippen molar-refractivity contribution in [2.75, 3.05) is 13.7 Å². The van der Waals surface area contributed by atoms with E-state index < -0.39 is 11.5 Å². The topological polar surface area (TPSA) is 47.9 Å². The number of nitrogens with zero attached hydrogens (tertiary/aromatic N) is 1. The van der Waals surface area contributed by atoms with Crippen molar-refractivity contribution in [1.29, 1.82) is 0 Å². The number of benzene rings is 1. The number of aliphatic imine (C=N–C) groups is 1. The molecule has 0 fully saturated rings. The smallest absolute Gasteiger partial charge is 0.338 e. The summed E-state index contributed by atoms with van der Waals surface area (Å²) in [6, 6.07) is 6.71. The fourth-order valence-corrected chi connectivity index (χ4v) is 1.46. The highest BCUT2D eigenvalue weighted by molar-refractivity contribution is 7.78. The Hall–Kier alpha value is -1.71. The summed E-state index contributed by atoms with van der Waals surface area (Å²) in [4.78, 5) is 15.7. The van der Waals surface area contributed by atoms with Gasteiger partial charge in [-0.1, -0.05) is 0 Å². The predicted octanol–water partition coefficient (Wildman–Crippen LogP) is 2.73. The molecule has 96 valence electrons. The van der Waals surface area contributed by atoms with Gasteiger partial charge in [0, 0.05) is 0 Å². The van der Waals surface area contributed by atoms with Crippen LogP contribution in [0.4, 0.5) is 0 Å². The van der Waals surface area contributed by atoms with E-state index in [-0.39, 0.29) is 6.61 Å². The van der Waals surface area contributed by atoms with Gasteiger partial charge >= 0.3 is 5.97 Å². The molecule has 0 amide bonds. The van der Waals surface area contributed by atoms with Crippen LogP contribution in [0.2, 0.25) is 0 Å². The first-order chi connectivity index (χ1) is 8.48. The van der Waals surface area contributed by atoms with Gasteiger partial charge in [0.1, 0.15) is 12.4 Å². The van der Waals surface area contributed by atoms with E-state index in [1.54, 1.807) is 31.4 Å². The van der Waals surface area contributed by atoms with Gasteiger partial charge in [-0.15, -0.1) is 0 Å². The monoisotopic (exact) mass is 265 g/mol. The Kier molecular flexibility index (Phi) is 5.01. The second-order valence-electron chi connectivity index (χ2n) is 4.32. The van der Waals surface area contributed by atoms with E-state index in [1.165, 1.54) is 0 Å². The molecule has 1 aromatic rings. The van der Waals surface area contributed by atoms with E-state index >= 15 is 0 Å². The molecule has 0 aliphatic carbocycles. The van der Waals surface area contributed by atoms with Gasteiger partial charge < -0.3 is 9.47 Å². The van der Waals surface area contributed by atoms with E-state index in [2.05, 4.69) is 22.4 Å². The van der Waals surface area contributed by atoms with Crippen LogP contribution in [0.15, 0.2) is 29.3 Å². The predicted molar refractivity (Wildman–Crippen MR) is 72.4 cm³/mol. The molecule has 0 N–H and O–H groups in total. The van der Waals surface area contributed by atoms with Gasteiger partial charge in [0.25, 0.3) is 0 Å². The third kappa shape index (κ3) is 4.28. The van der Waals surface area contributed by atoms with Crippen LogP contribution in [0, 0.1) is 0 Å². The molecule has 18 heavy (non-hydrogen) atoms. The first-order valence-electron chi connectivity index (χ1n) is 5.39. The van der Waals surface area contributed by atoms with E-state index in [4.69, 9.17) is 9.47 Å². The quantitative estimate of drug-likeness (QED) is 0.466. The van der Waals surface area contributed by atoms with Crippen molar-refractivity contribution < 1.29 is 14.3 Å². The second kappa shape index (κ2) is 6.28. The zero-order valence-corrected chi connectivity index (χ0v) is 11.4. The summed E-state index contributed by atoms with van der Waals surface area (Å²) in [5, 5.41) is 2.29. The number of esters is 1. The molecule has 0 aliphatic heterocycles. The van der Waals surface area contributed by atoms with Crippen molar-refractivity contribution in [2.45, 2.75) is 19.4 Å². The molecule has 0 saturated carbocycles. The first kappa shape index (κ1) is 14.4. The fraction of sp³-hybridized carbons (Fsp3) is 0.385. The Morgan fingerprint density at radius 1 is 1.39 bits per heavy atom. The lowest BCUT2D eigenvalue weighted by atomic mass is 10.1. The number of carbonyl (C=O) groups excluding carboxylic acids is 1. The normalized spacial score (nSPS) is 10.4. The van der Waals surface area contributed by atoms with Crippen LogP contribution in [0.1, 0.15) is 24.2 Å². The summed E-state index contributed by atoms with van der Waals surface area (Å²) in [7, 11) is 1.57. The molecule has 0 bridgehead atoms. The van der Waals surface area contributed by atoms with Gasteiger partial charge in [0.2, 0.25) is 0 Å². The lowest BCUT2D eigenvalue weighted by Gasteiger charge is -2.17. The highest BCUT2D eigenvalue weighted by Crippen LogP contribution is 2.14. The molecule has 0 aliphatic rings. The average molecular weight is 265 g/mol. The van der Waals surface area contributed by atoms with Crippen LogP contribution < -0.4 is 4.74 Å². The van der Waals surface area contributed by atoms with E-state index in [1.807, 2.05) is 13.8 Å². The highest BCUT2D eigenvalue weighted by atomic mass is 32.1. The molecule has 0 spiro atoms. The summed E-state index contributed by atoms with van der Waals surface area (Å²) in [6.45, 7) is 3.78. The minimum absolute atomic E-state index is 0.154. The summed E-state index contributed by atoms with van der Waals surface area (Å²) >= 11 is 4.53. The largest absolute Gasteiger partial charge is 0.497 e. The van der Waals surface area contributed by atoms with Crippen LogP contribution in [-0.4, -0.2) is 30.4 Å². The van der Waals surface area contributed by atoms with E-state index in [0.29, 0.717) is 11.3 Å². The first-order valence-corrected chi connectivity index (χ1v) is 5.79. The molecule has 0 atom stereocenters. The molecule has 5 heteroatoms. The van der Waals surface area contributed by atoms with Crippen molar-refractivity contribution in [3.8, 4) is 5.75 Å². The Morgan fingerprint density at radius 3 is 2.50 bits per heavy atom. The maximum Gasteiger partial charge on any atom is 0.338 e. The Morgan fingerprint density at radius 2 is 2.00 bits per heavy atom. The van der Waals surface area contributed by atoms with Crippen LogP contribution in [-0.2, 0) is 4.74 Å². The third-order valence-corrected chi connectivity index (χ3v) is 2.32. The third-order valence-electron chi connectivity index (χ3n) is 2.23. The standard InChI is InChI=1S/C13H15NO3S/c1-13(2,14-9-18)8-17-12(15)10-4-6-11(16-3)7-5-10/h4-7H,8H2,1-3H3. The summed E-state index contributed by atoms with van der Waals surface area (Å²) in [6.07, 6.45) is 0. The van der Waals surface area contributed by atoms with Crippen LogP contribution >= 0.6 is 12.2 Å². The van der Waals surface area contributed by atoms with Gasteiger partial charge in [-0.3, -0.25) is 0 Å². The van der Waals surface area contributed by atoms with Crippen molar-refractivity contribution in [2.24, 2.45) is 4.99 Å². The number of thiocarbonyl (C=S) groups is 1. The van der Waals surface area contributed by atoms with Crippen molar-refractivity contribution in [3.63, 3.8) is 0 Å². The summed E-state index contributed by atoms with van der Waals surface area (Å²) in [5.74, 6) is 0.294. The second-order valence-corrected chi connectivity index (χ2v) is 4.50. The minimum Gasteiger partial charge on any atom is -0.497 e. The van der Waals surface area contributed by atoms with E-state index in [9.17, 15) is 4.79 Å². The molecular formula is C13H15NO3S. The van der Waals surface area contributed by atoms with Gasteiger partial charge in [-0.05, 0) is 50.3 Å². The molecule has 1 rings (SSSR count). The van der Waals surface area contributed by atoms with Gasteiger partial charge in [-0.25, -0.2) is 9.79 Å². The highest BCUT2D eigenvalue weighted by Gasteiger charge is 2.19. The maximum absolute atomic E-state index is 11.7. The summed E-state index contributed by atoms with van der Waals surface area (Å²) < 4.78 is 10.2. The lowest BCUT2D eigenvalue weighted by Crippen LogP contribution is -2.26. The number of isothiocyanates is 1. The molecule has 0 heterocycles. The Labute approximate surface area is 112 Å². The number of carbonyl (C=O) groups is 1. The van der Waals surface area contributed by atoms with Crippen LogP contribution in [0.25, 0.3) is 0 Å². The minimum atomic E-state index is -0.552. The molecule has 1 aromatic carbocycles. The SMILES string of the molecule is COc1ccc(C(=O)OCC(C)(C)N=C=S)cc1. The average Bonchev–Trinajstić information content (AvgIpc) is 2.36. The fourth-order valence-electron chi connectivity index (χ4n) is 1.21. The summed E-state index contributed by atoms with van der Waals surface area (Å²) in [5.41, 5.74) is -0.0814. The number of methoxy groups -OCH3 is 1. The molecule has 0 saturated heterocycles. The number of hydrogen-bond donors (Lipinski definition) is 0. The lowest BCUT2D eigenvalue weighted by molar-refractivity contribution is 0.0435. The molecule has 4 nitrogen and oxygen atoms in total. The molecule has 0 aromatic heterocycles. The van der Waals surface area contributed by atoms with Crippen molar-refractivity contribution in [1.82, 2.24) is 0 Å². The zero-order valence-electron chi connectivity index (χ0n) is 10.6. The van der Waals surface area contributed by atoms with Gasteiger partial charge in [0.05, 0.1) is 23.4 Å². The number of ether oxygens (including phenoxy) is 2.